The van der Waals surface area contributed by atoms with Gasteiger partial charge in [0.05, 0.1) is 18.8 Å². The van der Waals surface area contributed by atoms with Gasteiger partial charge >= 0.3 is 12.2 Å². The number of ether oxygens (including phenoxy) is 2. The number of nitrogens with one attached hydrogen (secondary N) is 1. The minimum atomic E-state index is -0.583. The van der Waals surface area contributed by atoms with E-state index in [1.807, 2.05) is 26.8 Å². The predicted molar refractivity (Wildman–Crippen MR) is 136 cm³/mol. The summed E-state index contributed by atoms with van der Waals surface area (Å²) in [5.74, 6) is 0.0401. The molecule has 2 aliphatic heterocycles. The maximum atomic E-state index is 15.0. The largest absolute Gasteiger partial charge is 0.444 e. The predicted octanol–water partition coefficient (Wildman–Crippen LogP) is 3.41. The highest BCUT2D eigenvalue weighted by molar-refractivity contribution is 5.90. The molecule has 2 saturated heterocycles. The first kappa shape index (κ1) is 26.2. The quantitative estimate of drug-likeness (QED) is 0.653. The number of cyclic esters (lactones) is 1. The number of halogens is 1. The Labute approximate surface area is 215 Å². The van der Waals surface area contributed by atoms with Gasteiger partial charge in [0.2, 0.25) is 5.91 Å². The summed E-state index contributed by atoms with van der Waals surface area (Å²) in [6.07, 6.45) is 0.211. The molecule has 1 atom stereocenters. The molecule has 2 aliphatic rings. The van der Waals surface area contributed by atoms with Crippen molar-refractivity contribution in [3.05, 3.63) is 42.3 Å². The number of nitrogens with zero attached hydrogens (tertiary/aromatic N) is 4. The van der Waals surface area contributed by atoms with Gasteiger partial charge in [0.25, 0.3) is 0 Å². The molecule has 2 aromatic rings. The second-order valence-corrected chi connectivity index (χ2v) is 10.1. The van der Waals surface area contributed by atoms with E-state index in [0.717, 1.165) is 5.82 Å². The summed E-state index contributed by atoms with van der Waals surface area (Å²) in [7, 11) is 0. The molecule has 0 bridgehead atoms. The summed E-state index contributed by atoms with van der Waals surface area (Å²) in [6, 6.07) is 8.19. The Morgan fingerprint density at radius 3 is 2.49 bits per heavy atom. The molecule has 3 heterocycles. The van der Waals surface area contributed by atoms with Crippen molar-refractivity contribution < 1.29 is 28.2 Å². The lowest BCUT2D eigenvalue weighted by molar-refractivity contribution is -0.119. The molecule has 10 nitrogen and oxygen atoms in total. The van der Waals surface area contributed by atoms with Crippen molar-refractivity contribution in [1.82, 2.24) is 15.2 Å². The first-order valence-electron chi connectivity index (χ1n) is 12.2. The molecule has 1 unspecified atom stereocenters. The van der Waals surface area contributed by atoms with E-state index < -0.39 is 23.6 Å². The molecule has 4 rings (SSSR count). The zero-order chi connectivity index (χ0) is 26.7. The molecular formula is C26H32FN5O5. The molecule has 0 spiro atoms. The van der Waals surface area contributed by atoms with Crippen molar-refractivity contribution >= 4 is 29.6 Å². The van der Waals surface area contributed by atoms with Gasteiger partial charge in [0, 0.05) is 50.4 Å². The van der Waals surface area contributed by atoms with Gasteiger partial charge in [-0.25, -0.2) is 19.0 Å². The van der Waals surface area contributed by atoms with Crippen LogP contribution in [-0.2, 0) is 14.3 Å². The van der Waals surface area contributed by atoms with Crippen molar-refractivity contribution in [1.29, 1.82) is 0 Å². The topological polar surface area (TPSA) is 104 Å². The van der Waals surface area contributed by atoms with Gasteiger partial charge in [-0.15, -0.1) is 0 Å². The number of hydrogen-bond acceptors (Lipinski definition) is 7. The summed E-state index contributed by atoms with van der Waals surface area (Å²) < 4.78 is 25.7. The molecule has 0 aliphatic carbocycles. The van der Waals surface area contributed by atoms with Crippen LogP contribution in [0, 0.1) is 5.82 Å². The zero-order valence-electron chi connectivity index (χ0n) is 21.5. The Morgan fingerprint density at radius 1 is 1.16 bits per heavy atom. The van der Waals surface area contributed by atoms with Crippen LogP contribution >= 0.6 is 0 Å². The fourth-order valence-electron chi connectivity index (χ4n) is 4.18. The molecule has 198 valence electrons. The number of carbonyl (C=O) groups is 3. The lowest BCUT2D eigenvalue weighted by Gasteiger charge is -2.36. The fourth-order valence-corrected chi connectivity index (χ4v) is 4.18. The second kappa shape index (κ2) is 10.6. The molecule has 2 fully saturated rings. The highest BCUT2D eigenvalue weighted by Crippen LogP contribution is 2.29. The molecule has 1 aromatic carbocycles. The number of rotatable bonds is 5. The van der Waals surface area contributed by atoms with Gasteiger partial charge in [-0.05, 0) is 51.1 Å². The van der Waals surface area contributed by atoms with Gasteiger partial charge in [0.15, 0.2) is 0 Å². The number of aromatic nitrogens is 1. The van der Waals surface area contributed by atoms with Crippen molar-refractivity contribution in [3.8, 4) is 11.1 Å². The maximum Gasteiger partial charge on any atom is 0.414 e. The number of benzene rings is 1. The van der Waals surface area contributed by atoms with E-state index >= 15 is 4.39 Å². The molecular weight excluding hydrogens is 481 g/mol. The summed E-state index contributed by atoms with van der Waals surface area (Å²) in [4.78, 5) is 45.2. The van der Waals surface area contributed by atoms with Crippen molar-refractivity contribution in [2.24, 2.45) is 0 Å². The average molecular weight is 514 g/mol. The maximum absolute atomic E-state index is 15.0. The normalized spacial score (nSPS) is 18.0. The van der Waals surface area contributed by atoms with E-state index in [1.54, 1.807) is 29.3 Å². The smallest absolute Gasteiger partial charge is 0.414 e. The third-order valence-corrected chi connectivity index (χ3v) is 6.03. The monoisotopic (exact) mass is 513 g/mol. The van der Waals surface area contributed by atoms with Crippen LogP contribution in [0.5, 0.6) is 0 Å². The van der Waals surface area contributed by atoms with Gasteiger partial charge in [-0.3, -0.25) is 9.69 Å². The first-order chi connectivity index (χ1) is 17.5. The molecule has 37 heavy (non-hydrogen) atoms. The van der Waals surface area contributed by atoms with E-state index in [2.05, 4.69) is 15.2 Å². The molecule has 1 aromatic heterocycles. The van der Waals surface area contributed by atoms with Crippen LogP contribution in [-0.4, -0.2) is 79.0 Å². The summed E-state index contributed by atoms with van der Waals surface area (Å²) in [5, 5.41) is 2.62. The van der Waals surface area contributed by atoms with Gasteiger partial charge < -0.3 is 24.6 Å². The Balaban J connectivity index is 1.37. The Kier molecular flexibility index (Phi) is 7.51. The van der Waals surface area contributed by atoms with Crippen LogP contribution in [0.3, 0.4) is 0 Å². The number of amides is 3. The Hall–Kier alpha value is -3.89. The third kappa shape index (κ3) is 6.46. The van der Waals surface area contributed by atoms with E-state index in [4.69, 9.17) is 9.47 Å². The van der Waals surface area contributed by atoms with Crippen LogP contribution in [0.15, 0.2) is 36.5 Å². The molecule has 1 N–H and O–H groups in total. The third-order valence-electron chi connectivity index (χ3n) is 6.03. The lowest BCUT2D eigenvalue weighted by atomic mass is 10.1. The number of carbonyl (C=O) groups excluding carboxylic acids is 3. The minimum Gasteiger partial charge on any atom is -0.444 e. The zero-order valence-corrected chi connectivity index (χ0v) is 21.5. The number of pyridine rings is 1. The number of hydrogen-bond donors (Lipinski definition) is 1. The number of piperazine rings is 1. The Morgan fingerprint density at radius 2 is 1.89 bits per heavy atom. The van der Waals surface area contributed by atoms with E-state index in [1.165, 1.54) is 17.9 Å². The molecule has 11 heteroatoms. The SMILES string of the molecule is CC(=O)NCC1CN(c2ccc(-c3ccc(N4CCN(C(=O)OC(C)(C)C)CC4)nc3)c(F)c2)C(=O)O1. The van der Waals surface area contributed by atoms with Crippen molar-refractivity contribution in [3.63, 3.8) is 0 Å². The van der Waals surface area contributed by atoms with Crippen molar-refractivity contribution in [2.45, 2.75) is 39.4 Å². The molecule has 0 saturated carbocycles. The summed E-state index contributed by atoms with van der Waals surface area (Å²) in [6.45, 7) is 9.61. The van der Waals surface area contributed by atoms with Crippen LogP contribution < -0.4 is 15.1 Å². The van der Waals surface area contributed by atoms with Crippen LogP contribution in [0.2, 0.25) is 0 Å². The molecule has 3 amide bonds. The summed E-state index contributed by atoms with van der Waals surface area (Å²) >= 11 is 0. The van der Waals surface area contributed by atoms with Crippen LogP contribution in [0.25, 0.3) is 11.1 Å². The van der Waals surface area contributed by atoms with Gasteiger partial charge in [0.1, 0.15) is 23.3 Å². The van der Waals surface area contributed by atoms with E-state index in [9.17, 15) is 14.4 Å². The highest BCUT2D eigenvalue weighted by Gasteiger charge is 2.33. The van der Waals surface area contributed by atoms with Gasteiger partial charge in [-0.1, -0.05) is 0 Å². The minimum absolute atomic E-state index is 0.201. The second-order valence-electron chi connectivity index (χ2n) is 10.1. The van der Waals surface area contributed by atoms with Crippen LogP contribution in [0.4, 0.5) is 25.5 Å². The summed E-state index contributed by atoms with van der Waals surface area (Å²) in [5.41, 5.74) is 0.809. The molecule has 0 radical (unpaired) electrons. The fraction of sp³-hybridized carbons (Fsp3) is 0.462. The highest BCUT2D eigenvalue weighted by atomic mass is 19.1. The standard InChI is InChI=1S/C26H32FN5O5/c1-17(33)28-15-20-16-32(25(35)36-20)19-6-7-21(22(27)13-19)18-5-8-23(29-14-18)30-9-11-31(12-10-30)24(34)37-26(2,3)4/h5-8,13-14,20H,9-12,15-16H2,1-4H3,(H,28,33). The van der Waals surface area contributed by atoms with Gasteiger partial charge in [-0.2, -0.15) is 0 Å². The lowest BCUT2D eigenvalue weighted by Crippen LogP contribution is -2.50. The van der Waals surface area contributed by atoms with E-state index in [0.29, 0.717) is 43.0 Å². The van der Waals surface area contributed by atoms with E-state index in [-0.39, 0.29) is 25.1 Å². The average Bonchev–Trinajstić information content (AvgIpc) is 3.22. The number of anilines is 2. The van der Waals surface area contributed by atoms with Crippen LogP contribution in [0.1, 0.15) is 27.7 Å². The first-order valence-corrected chi connectivity index (χ1v) is 12.2. The Bertz CT molecular complexity index is 1160. The van der Waals surface area contributed by atoms with Crippen molar-refractivity contribution in [2.75, 3.05) is 49.1 Å².